The molecular weight excluding hydrogens is 366 g/mol. The fourth-order valence-corrected chi connectivity index (χ4v) is 2.44. The fourth-order valence-electron chi connectivity index (χ4n) is 2.44. The fraction of sp³-hybridized carbons (Fsp3) is 0. The highest BCUT2D eigenvalue weighted by molar-refractivity contribution is 6.05. The van der Waals surface area contributed by atoms with Crippen molar-refractivity contribution in [3.8, 4) is 5.75 Å². The zero-order chi connectivity index (χ0) is 20.5. The lowest BCUT2D eigenvalue weighted by Crippen LogP contribution is -2.32. The van der Waals surface area contributed by atoms with Crippen molar-refractivity contribution >= 4 is 24.1 Å². The highest BCUT2D eigenvalue weighted by atomic mass is 16.3. The minimum absolute atomic E-state index is 0.0629. The quantitative estimate of drug-likeness (QED) is 0.345. The molecule has 0 aromatic heterocycles. The molecule has 2 amide bonds. The van der Waals surface area contributed by atoms with Crippen LogP contribution in [0.3, 0.4) is 0 Å². The number of hydrogen-bond donors (Lipinski definition) is 3. The third-order valence-corrected chi connectivity index (χ3v) is 3.91. The number of phenolic OH excluding ortho intramolecular Hbond substituents is 1. The average Bonchev–Trinajstić information content (AvgIpc) is 2.76. The molecule has 6 nitrogen and oxygen atoms in total. The van der Waals surface area contributed by atoms with Crippen molar-refractivity contribution < 1.29 is 14.7 Å². The van der Waals surface area contributed by atoms with Crippen LogP contribution < -0.4 is 10.7 Å². The van der Waals surface area contributed by atoms with E-state index in [2.05, 4.69) is 15.8 Å². The summed E-state index contributed by atoms with van der Waals surface area (Å²) in [4.78, 5) is 25.1. The summed E-state index contributed by atoms with van der Waals surface area (Å²) < 4.78 is 0. The smallest absolute Gasteiger partial charge is 0.287 e. The first kappa shape index (κ1) is 19.6. The molecule has 0 fully saturated rings. The standard InChI is InChI=1S/C23H19N3O3/c27-20-13-11-18(12-14-20)16-24-26-23(29)21(15-17-7-3-1-4-8-17)25-22(28)19-9-5-2-6-10-19/h1-16,27H,(H,25,28)(H,26,29)/b21-15+,24-16+. The molecule has 29 heavy (non-hydrogen) atoms. The lowest BCUT2D eigenvalue weighted by Gasteiger charge is -2.09. The Morgan fingerprint density at radius 3 is 2.07 bits per heavy atom. The molecule has 3 N–H and O–H groups in total. The Kier molecular flexibility index (Phi) is 6.52. The maximum atomic E-state index is 12.6. The molecule has 3 aromatic carbocycles. The lowest BCUT2D eigenvalue weighted by molar-refractivity contribution is -0.117. The molecule has 0 aliphatic heterocycles. The summed E-state index contributed by atoms with van der Waals surface area (Å²) in [6.07, 6.45) is 3.02. The Morgan fingerprint density at radius 2 is 1.41 bits per heavy atom. The van der Waals surface area contributed by atoms with E-state index < -0.39 is 11.8 Å². The minimum atomic E-state index is -0.562. The third kappa shape index (κ3) is 5.90. The zero-order valence-electron chi connectivity index (χ0n) is 15.4. The van der Waals surface area contributed by atoms with Gasteiger partial charge in [0.05, 0.1) is 6.21 Å². The Bertz CT molecular complexity index is 1030. The van der Waals surface area contributed by atoms with Gasteiger partial charge in [-0.15, -0.1) is 0 Å². The van der Waals surface area contributed by atoms with Crippen LogP contribution in [-0.2, 0) is 4.79 Å². The van der Waals surface area contributed by atoms with Gasteiger partial charge in [0.25, 0.3) is 11.8 Å². The highest BCUT2D eigenvalue weighted by Crippen LogP contribution is 2.09. The van der Waals surface area contributed by atoms with Crippen LogP contribution in [0.1, 0.15) is 21.5 Å². The maximum absolute atomic E-state index is 12.6. The van der Waals surface area contributed by atoms with Crippen molar-refractivity contribution in [1.29, 1.82) is 0 Å². The number of phenols is 1. The Morgan fingerprint density at radius 1 is 0.793 bits per heavy atom. The minimum Gasteiger partial charge on any atom is -0.508 e. The van der Waals surface area contributed by atoms with E-state index in [-0.39, 0.29) is 11.4 Å². The topological polar surface area (TPSA) is 90.8 Å². The van der Waals surface area contributed by atoms with E-state index in [1.807, 2.05) is 36.4 Å². The molecule has 3 rings (SSSR count). The normalized spacial score (nSPS) is 11.2. The monoisotopic (exact) mass is 385 g/mol. The van der Waals surface area contributed by atoms with E-state index >= 15 is 0 Å². The van der Waals surface area contributed by atoms with Gasteiger partial charge in [-0.25, -0.2) is 5.43 Å². The molecule has 0 saturated heterocycles. The second kappa shape index (κ2) is 9.66. The maximum Gasteiger partial charge on any atom is 0.287 e. The molecule has 0 heterocycles. The summed E-state index contributed by atoms with van der Waals surface area (Å²) in [5.41, 5.74) is 4.36. The largest absolute Gasteiger partial charge is 0.508 e. The molecular formula is C23H19N3O3. The van der Waals surface area contributed by atoms with Gasteiger partial charge < -0.3 is 10.4 Å². The number of carbonyl (C=O) groups excluding carboxylic acids is 2. The van der Waals surface area contributed by atoms with Crippen LogP contribution in [-0.4, -0.2) is 23.1 Å². The van der Waals surface area contributed by atoms with Crippen molar-refractivity contribution in [1.82, 2.24) is 10.7 Å². The number of nitrogens with zero attached hydrogens (tertiary/aromatic N) is 1. The van der Waals surface area contributed by atoms with Crippen LogP contribution in [0.5, 0.6) is 5.75 Å². The molecule has 3 aromatic rings. The number of carbonyl (C=O) groups is 2. The van der Waals surface area contributed by atoms with Gasteiger partial charge in [-0.2, -0.15) is 5.10 Å². The van der Waals surface area contributed by atoms with E-state index in [1.165, 1.54) is 18.3 Å². The molecule has 0 unspecified atom stereocenters. The van der Waals surface area contributed by atoms with Crippen molar-refractivity contribution in [3.05, 3.63) is 107 Å². The first-order valence-electron chi connectivity index (χ1n) is 8.87. The molecule has 0 spiro atoms. The SMILES string of the molecule is O=C(N/N=C/c1ccc(O)cc1)/C(=C\c1ccccc1)NC(=O)c1ccccc1. The molecule has 0 saturated carbocycles. The van der Waals surface area contributed by atoms with Crippen molar-refractivity contribution in [2.75, 3.05) is 0 Å². The molecule has 6 heteroatoms. The van der Waals surface area contributed by atoms with Crippen molar-refractivity contribution in [2.24, 2.45) is 5.10 Å². The van der Waals surface area contributed by atoms with E-state index in [9.17, 15) is 14.7 Å². The number of hydrazone groups is 1. The van der Waals surface area contributed by atoms with Gasteiger partial charge in [0.1, 0.15) is 11.4 Å². The van der Waals surface area contributed by atoms with Crippen LogP contribution in [0.2, 0.25) is 0 Å². The van der Waals surface area contributed by atoms with E-state index in [0.29, 0.717) is 11.1 Å². The molecule has 0 radical (unpaired) electrons. The Labute approximate surface area is 168 Å². The number of benzene rings is 3. The average molecular weight is 385 g/mol. The van der Waals surface area contributed by atoms with Gasteiger partial charge in [-0.1, -0.05) is 48.5 Å². The van der Waals surface area contributed by atoms with Crippen molar-refractivity contribution in [2.45, 2.75) is 0 Å². The molecule has 0 aliphatic carbocycles. The highest BCUT2D eigenvalue weighted by Gasteiger charge is 2.14. The summed E-state index contributed by atoms with van der Waals surface area (Å²) in [7, 11) is 0. The summed E-state index contributed by atoms with van der Waals surface area (Å²) in [6, 6.07) is 24.2. The summed E-state index contributed by atoms with van der Waals surface area (Å²) in [6.45, 7) is 0. The first-order chi connectivity index (χ1) is 14.1. The van der Waals surface area contributed by atoms with Gasteiger partial charge >= 0.3 is 0 Å². The zero-order valence-corrected chi connectivity index (χ0v) is 15.4. The molecule has 0 bridgehead atoms. The summed E-state index contributed by atoms with van der Waals surface area (Å²) in [5.74, 6) is -0.818. The number of amides is 2. The number of rotatable bonds is 6. The van der Waals surface area contributed by atoms with E-state index in [0.717, 1.165) is 5.56 Å². The number of nitrogens with one attached hydrogen (secondary N) is 2. The van der Waals surface area contributed by atoms with Crippen molar-refractivity contribution in [3.63, 3.8) is 0 Å². The predicted molar refractivity (Wildman–Crippen MR) is 112 cm³/mol. The van der Waals surface area contributed by atoms with Crippen LogP contribution in [0.25, 0.3) is 6.08 Å². The number of aromatic hydroxyl groups is 1. The van der Waals surface area contributed by atoms with Crippen LogP contribution in [0.4, 0.5) is 0 Å². The summed E-state index contributed by atoms with van der Waals surface area (Å²) >= 11 is 0. The lowest BCUT2D eigenvalue weighted by atomic mass is 10.1. The van der Waals surface area contributed by atoms with Crippen LogP contribution >= 0.6 is 0 Å². The Balaban J connectivity index is 1.76. The molecule has 144 valence electrons. The molecule has 0 aliphatic rings. The van der Waals surface area contributed by atoms with Gasteiger partial charge in [0.15, 0.2) is 0 Å². The second-order valence-corrected chi connectivity index (χ2v) is 6.08. The second-order valence-electron chi connectivity index (χ2n) is 6.08. The van der Waals surface area contributed by atoms with Gasteiger partial charge in [-0.05, 0) is 53.6 Å². The predicted octanol–water partition coefficient (Wildman–Crippen LogP) is 3.31. The van der Waals surface area contributed by atoms with Crippen LogP contribution in [0.15, 0.2) is 95.7 Å². The van der Waals surface area contributed by atoms with E-state index in [1.54, 1.807) is 42.5 Å². The molecule has 0 atom stereocenters. The summed E-state index contributed by atoms with van der Waals surface area (Å²) in [5, 5.41) is 15.9. The first-order valence-corrected chi connectivity index (χ1v) is 8.87. The van der Waals surface area contributed by atoms with Gasteiger partial charge in [0, 0.05) is 5.56 Å². The van der Waals surface area contributed by atoms with E-state index in [4.69, 9.17) is 0 Å². The number of hydrogen-bond acceptors (Lipinski definition) is 4. The van der Waals surface area contributed by atoms with Crippen LogP contribution in [0, 0.1) is 0 Å². The van der Waals surface area contributed by atoms with Gasteiger partial charge in [-0.3, -0.25) is 9.59 Å². The Hall–Kier alpha value is -4.19. The third-order valence-electron chi connectivity index (χ3n) is 3.91. The van der Waals surface area contributed by atoms with Gasteiger partial charge in [0.2, 0.25) is 0 Å².